The number of anilines is 5. The lowest BCUT2D eigenvalue weighted by Crippen LogP contribution is -2.64. The van der Waals surface area contributed by atoms with Gasteiger partial charge in [0.2, 0.25) is 0 Å². The van der Waals surface area contributed by atoms with Crippen LogP contribution in [0, 0.1) is 16.2 Å². The van der Waals surface area contributed by atoms with Crippen molar-refractivity contribution >= 4 is 51.5 Å². The minimum atomic E-state index is -0.117. The molecule has 3 heterocycles. The topological polar surface area (TPSA) is 9.72 Å². The summed E-state index contributed by atoms with van der Waals surface area (Å²) in [5.41, 5.74) is 25.8. The highest BCUT2D eigenvalue weighted by atomic mass is 15.3. The van der Waals surface area contributed by atoms with Crippen molar-refractivity contribution in [1.29, 1.82) is 0 Å². The first-order chi connectivity index (χ1) is 33.5. The molecule has 4 heteroatoms. The van der Waals surface area contributed by atoms with Crippen molar-refractivity contribution in [2.24, 2.45) is 16.2 Å². The molecule has 5 aliphatic carbocycles. The summed E-state index contributed by atoms with van der Waals surface area (Å²) in [6, 6.07) is 18.7. The third-order valence-electron chi connectivity index (χ3n) is 19.5. The van der Waals surface area contributed by atoms with Crippen molar-refractivity contribution in [3.05, 3.63) is 129 Å². The lowest BCUT2D eigenvalue weighted by atomic mass is 9.33. The van der Waals surface area contributed by atoms with E-state index >= 15 is 0 Å². The third kappa shape index (κ3) is 8.04. The van der Waals surface area contributed by atoms with Crippen LogP contribution in [0.4, 0.5) is 28.4 Å². The number of benzene rings is 3. The van der Waals surface area contributed by atoms with E-state index in [1.165, 1.54) is 121 Å². The highest BCUT2D eigenvalue weighted by Gasteiger charge is 2.61. The first kappa shape index (κ1) is 48.8. The van der Waals surface area contributed by atoms with Crippen molar-refractivity contribution in [1.82, 2.24) is 0 Å². The summed E-state index contributed by atoms with van der Waals surface area (Å²) in [6.45, 7) is 34.2. The fraction of sp³-hybridized carbons (Fsp3) is 0.552. The Kier molecular flexibility index (Phi) is 11.7. The second-order valence-corrected chi connectivity index (χ2v) is 28.2. The van der Waals surface area contributed by atoms with Crippen molar-refractivity contribution in [3.8, 4) is 0 Å². The van der Waals surface area contributed by atoms with Gasteiger partial charge in [-0.1, -0.05) is 181 Å². The van der Waals surface area contributed by atoms with Gasteiger partial charge in [0.05, 0.1) is 0 Å². The summed E-state index contributed by atoms with van der Waals surface area (Å²) in [5.74, 6) is 0.643. The lowest BCUT2D eigenvalue weighted by Gasteiger charge is -2.51. The first-order valence-electron chi connectivity index (χ1n) is 28.6. The van der Waals surface area contributed by atoms with Gasteiger partial charge in [0.1, 0.15) is 0 Å². The van der Waals surface area contributed by atoms with E-state index in [9.17, 15) is 0 Å². The minimum absolute atomic E-state index is 0.0204. The number of nitrogens with zero attached hydrogens (tertiary/aromatic N) is 3. The zero-order valence-electron chi connectivity index (χ0n) is 46.8. The van der Waals surface area contributed by atoms with E-state index < -0.39 is 0 Å². The van der Waals surface area contributed by atoms with Crippen LogP contribution < -0.4 is 31.1 Å². The van der Waals surface area contributed by atoms with Crippen LogP contribution in [0.1, 0.15) is 222 Å². The molecule has 0 aromatic heterocycles. The average molecular weight is 946 g/mol. The molecule has 0 N–H and O–H groups in total. The van der Waals surface area contributed by atoms with Gasteiger partial charge in [-0.2, -0.15) is 0 Å². The Labute approximate surface area is 431 Å². The maximum absolute atomic E-state index is 2.98. The molecule has 0 amide bonds. The van der Waals surface area contributed by atoms with Crippen LogP contribution in [0.5, 0.6) is 0 Å². The van der Waals surface area contributed by atoms with Crippen LogP contribution in [0.3, 0.4) is 0 Å². The molecule has 3 aromatic rings. The van der Waals surface area contributed by atoms with Gasteiger partial charge >= 0.3 is 0 Å². The van der Waals surface area contributed by atoms with Gasteiger partial charge in [0.25, 0.3) is 6.71 Å². The van der Waals surface area contributed by atoms with Crippen molar-refractivity contribution in [2.75, 3.05) is 14.7 Å². The molecule has 11 rings (SSSR count). The Bertz CT molecular complexity index is 2800. The van der Waals surface area contributed by atoms with E-state index in [2.05, 4.69) is 191 Å². The second kappa shape index (κ2) is 17.1. The van der Waals surface area contributed by atoms with Crippen LogP contribution in [0.25, 0.3) is 0 Å². The molecule has 2 saturated carbocycles. The van der Waals surface area contributed by atoms with Crippen molar-refractivity contribution in [2.45, 2.75) is 222 Å². The lowest BCUT2D eigenvalue weighted by molar-refractivity contribution is 0.199. The van der Waals surface area contributed by atoms with Gasteiger partial charge < -0.3 is 14.7 Å². The summed E-state index contributed by atoms with van der Waals surface area (Å²) in [4.78, 5) is 8.52. The van der Waals surface area contributed by atoms with Gasteiger partial charge in [-0.25, -0.2) is 0 Å². The molecule has 3 aliphatic heterocycles. The quantitative estimate of drug-likeness (QED) is 0.236. The standard InChI is InChI=1S/C67H88BN3/c1-62(2,3)46-23-30-50(31-24-46)69(51-32-25-47(26-33-51)63(4,5)6)53-42-58-60-59(43-53)71-61-54(67(66(71,13)14)37-19-16-20-38-67)39-45(44-21-17-15-18-22-44)40-56(61)68(60)55-41-49(65(10,11)12)29-36-57(55)70(58)52-34-27-48(28-35-52)64(7,8)9/h23,25,27,29-30,32,34,36,39-44H,15-22,24,26,28,31,33,35,37-38H2,1-14H3. The first-order valence-corrected chi connectivity index (χ1v) is 28.6. The van der Waals surface area contributed by atoms with Crippen LogP contribution in [-0.4, -0.2) is 12.3 Å². The summed E-state index contributed by atoms with van der Waals surface area (Å²) in [7, 11) is 0. The van der Waals surface area contributed by atoms with Gasteiger partial charge in [0.15, 0.2) is 0 Å². The monoisotopic (exact) mass is 946 g/mol. The van der Waals surface area contributed by atoms with E-state index in [0.29, 0.717) is 5.92 Å². The minimum Gasteiger partial charge on any atom is -0.335 e. The SMILES string of the molecule is CC(C)(C)C1=CC=C(N(C2=CC=C(C(C)(C)C)CC2)c2cc3c4c(c2)N2c5c(cc(C6CCCCC6)cc5C5(CCCCC5)C2(C)C)B4c2cc(C(C)(C)C)ccc2N3C2=CC=C(C(C)(C)C)CC2)CC1. The number of hydrogen-bond acceptors (Lipinski definition) is 3. The van der Waals surface area contributed by atoms with E-state index in [4.69, 9.17) is 0 Å². The van der Waals surface area contributed by atoms with Crippen molar-refractivity contribution in [3.63, 3.8) is 0 Å². The maximum atomic E-state index is 2.98. The zero-order valence-corrected chi connectivity index (χ0v) is 46.8. The molecule has 374 valence electrons. The number of rotatable bonds is 5. The molecular formula is C67H88BN3. The molecule has 8 aliphatic rings. The van der Waals surface area contributed by atoms with E-state index in [0.717, 1.165) is 38.5 Å². The molecule has 0 saturated heterocycles. The molecule has 0 unspecified atom stereocenters. The highest BCUT2D eigenvalue weighted by Crippen LogP contribution is 2.62. The molecule has 3 aromatic carbocycles. The Balaban J connectivity index is 1.24. The molecular weight excluding hydrogens is 858 g/mol. The summed E-state index contributed by atoms with van der Waals surface area (Å²) >= 11 is 0. The number of hydrogen-bond donors (Lipinski definition) is 0. The van der Waals surface area contributed by atoms with Crippen molar-refractivity contribution < 1.29 is 0 Å². The Morgan fingerprint density at radius 2 is 1.10 bits per heavy atom. The van der Waals surface area contributed by atoms with Crippen LogP contribution in [0.15, 0.2) is 113 Å². The fourth-order valence-corrected chi connectivity index (χ4v) is 15.1. The summed E-state index contributed by atoms with van der Waals surface area (Å²) in [5, 5.41) is 0. The molecule has 0 radical (unpaired) electrons. The fourth-order valence-electron chi connectivity index (χ4n) is 15.1. The Morgan fingerprint density at radius 1 is 0.535 bits per heavy atom. The highest BCUT2D eigenvalue weighted by molar-refractivity contribution is 7.00. The van der Waals surface area contributed by atoms with Gasteiger partial charge in [-0.3, -0.25) is 0 Å². The maximum Gasteiger partial charge on any atom is 0.252 e. The van der Waals surface area contributed by atoms with Crippen LogP contribution >= 0.6 is 0 Å². The van der Waals surface area contributed by atoms with Gasteiger partial charge in [-0.15, -0.1) is 0 Å². The zero-order chi connectivity index (χ0) is 50.2. The second-order valence-electron chi connectivity index (χ2n) is 28.2. The summed E-state index contributed by atoms with van der Waals surface area (Å²) < 4.78 is 0. The number of allylic oxidation sites excluding steroid dienone is 12. The normalized spacial score (nSPS) is 21.9. The van der Waals surface area contributed by atoms with Crippen LogP contribution in [0.2, 0.25) is 0 Å². The predicted octanol–water partition coefficient (Wildman–Crippen LogP) is 17.2. The van der Waals surface area contributed by atoms with E-state index in [1.54, 1.807) is 39.0 Å². The van der Waals surface area contributed by atoms with E-state index in [-0.39, 0.29) is 39.3 Å². The third-order valence-corrected chi connectivity index (χ3v) is 19.5. The molecule has 2 fully saturated rings. The van der Waals surface area contributed by atoms with E-state index in [1.807, 2.05) is 0 Å². The number of fused-ring (bicyclic) bond motifs is 5. The summed E-state index contributed by atoms with van der Waals surface area (Å²) in [6.07, 6.45) is 34.6. The average Bonchev–Trinajstić information content (AvgIpc) is 3.51. The molecule has 1 spiro atoms. The van der Waals surface area contributed by atoms with Gasteiger partial charge in [0, 0.05) is 56.5 Å². The van der Waals surface area contributed by atoms with Gasteiger partial charge in [-0.05, 0) is 175 Å². The van der Waals surface area contributed by atoms with Crippen LogP contribution in [-0.2, 0) is 10.8 Å². The Morgan fingerprint density at radius 3 is 1.63 bits per heavy atom. The largest absolute Gasteiger partial charge is 0.335 e. The molecule has 3 nitrogen and oxygen atoms in total. The molecule has 0 bridgehead atoms. The molecule has 71 heavy (non-hydrogen) atoms. The predicted molar refractivity (Wildman–Crippen MR) is 309 cm³/mol. The molecule has 0 atom stereocenters. The Hall–Kier alpha value is -4.44. The smallest absolute Gasteiger partial charge is 0.252 e.